The molecule has 17 heavy (non-hydrogen) atoms. The molecule has 1 rings (SSSR count). The molecule has 0 aromatic heterocycles. The second kappa shape index (κ2) is 5.61. The summed E-state index contributed by atoms with van der Waals surface area (Å²) >= 11 is 0. The fourth-order valence-electron chi connectivity index (χ4n) is 1.61. The van der Waals surface area contributed by atoms with Crippen molar-refractivity contribution >= 4 is 5.97 Å². The smallest absolute Gasteiger partial charge is 0.341 e. The predicted molar refractivity (Wildman–Crippen MR) is 63.2 cm³/mol. The number of hydrogen-bond acceptors (Lipinski definition) is 4. The summed E-state index contributed by atoms with van der Waals surface area (Å²) in [5.74, 6) is -0.881. The molecule has 0 heterocycles. The van der Waals surface area contributed by atoms with Gasteiger partial charge in [0, 0.05) is 6.42 Å². The zero-order valence-electron chi connectivity index (χ0n) is 9.67. The van der Waals surface area contributed by atoms with E-state index in [1.54, 1.807) is 30.3 Å². The molecule has 0 radical (unpaired) electrons. The van der Waals surface area contributed by atoms with Gasteiger partial charge in [0.25, 0.3) is 0 Å². The fraction of sp³-hybridized carbons (Fsp3) is 0.308. The Morgan fingerprint density at radius 3 is 2.59 bits per heavy atom. The van der Waals surface area contributed by atoms with Crippen LogP contribution in [0.15, 0.2) is 43.0 Å². The first-order chi connectivity index (χ1) is 8.06. The molecular weight excluding hydrogens is 220 g/mol. The molecular formula is C13H16O4. The van der Waals surface area contributed by atoms with Crippen LogP contribution in [-0.2, 0) is 9.53 Å². The Kier molecular flexibility index (Phi) is 4.43. The van der Waals surface area contributed by atoms with Crippen LogP contribution in [0.4, 0.5) is 0 Å². The van der Waals surface area contributed by atoms with Crippen molar-refractivity contribution < 1.29 is 19.7 Å². The van der Waals surface area contributed by atoms with E-state index < -0.39 is 17.7 Å². The van der Waals surface area contributed by atoms with Crippen LogP contribution in [0.25, 0.3) is 0 Å². The monoisotopic (exact) mass is 236 g/mol. The Morgan fingerprint density at radius 2 is 2.12 bits per heavy atom. The lowest BCUT2D eigenvalue weighted by Gasteiger charge is -2.29. The standard InChI is InChI=1S/C13H16O4/c1-3-9-13(16,12(15)17-2)11(14)10-7-5-4-6-8-10/h3-8,11,14,16H,1,9H2,2H3/t11-,13+/m0/s1. The van der Waals surface area contributed by atoms with E-state index in [2.05, 4.69) is 11.3 Å². The van der Waals surface area contributed by atoms with Crippen molar-refractivity contribution in [3.63, 3.8) is 0 Å². The van der Waals surface area contributed by atoms with E-state index in [0.717, 1.165) is 7.11 Å². The number of carbonyl (C=O) groups is 1. The third kappa shape index (κ3) is 2.72. The minimum absolute atomic E-state index is 0.0876. The molecule has 2 N–H and O–H groups in total. The van der Waals surface area contributed by atoms with Gasteiger partial charge in [-0.2, -0.15) is 0 Å². The number of esters is 1. The number of benzene rings is 1. The van der Waals surface area contributed by atoms with Gasteiger partial charge >= 0.3 is 5.97 Å². The van der Waals surface area contributed by atoms with Gasteiger partial charge in [0.2, 0.25) is 0 Å². The molecule has 1 aromatic rings. The lowest BCUT2D eigenvalue weighted by molar-refractivity contribution is -0.175. The van der Waals surface area contributed by atoms with Gasteiger partial charge in [0.05, 0.1) is 7.11 Å². The maximum atomic E-state index is 11.6. The topological polar surface area (TPSA) is 66.8 Å². The van der Waals surface area contributed by atoms with Crippen molar-refractivity contribution in [1.29, 1.82) is 0 Å². The van der Waals surface area contributed by atoms with E-state index in [0.29, 0.717) is 5.56 Å². The molecule has 0 aliphatic carbocycles. The molecule has 2 atom stereocenters. The largest absolute Gasteiger partial charge is 0.467 e. The summed E-state index contributed by atoms with van der Waals surface area (Å²) in [5.41, 5.74) is -1.56. The van der Waals surface area contributed by atoms with Crippen molar-refractivity contribution in [2.24, 2.45) is 0 Å². The zero-order chi connectivity index (χ0) is 12.9. The Morgan fingerprint density at radius 1 is 1.53 bits per heavy atom. The molecule has 1 aromatic carbocycles. The van der Waals surface area contributed by atoms with Crippen LogP contribution in [0.2, 0.25) is 0 Å². The molecule has 0 saturated heterocycles. The van der Waals surface area contributed by atoms with Crippen LogP contribution in [0.1, 0.15) is 18.1 Å². The van der Waals surface area contributed by atoms with E-state index in [-0.39, 0.29) is 6.42 Å². The predicted octanol–water partition coefficient (Wildman–Crippen LogP) is 1.20. The van der Waals surface area contributed by atoms with Crippen molar-refractivity contribution in [1.82, 2.24) is 0 Å². The van der Waals surface area contributed by atoms with E-state index in [1.165, 1.54) is 6.08 Å². The van der Waals surface area contributed by atoms with E-state index in [1.807, 2.05) is 0 Å². The highest BCUT2D eigenvalue weighted by Gasteiger charge is 2.44. The Labute approximate surface area is 100 Å². The Hall–Kier alpha value is -1.65. The first kappa shape index (κ1) is 13.4. The number of methoxy groups -OCH3 is 1. The summed E-state index contributed by atoms with van der Waals surface area (Å²) in [6, 6.07) is 8.46. The number of aliphatic hydroxyl groups excluding tert-OH is 1. The lowest BCUT2D eigenvalue weighted by Crippen LogP contribution is -2.45. The quantitative estimate of drug-likeness (QED) is 0.595. The van der Waals surface area contributed by atoms with Crippen LogP contribution >= 0.6 is 0 Å². The van der Waals surface area contributed by atoms with Gasteiger partial charge in [-0.1, -0.05) is 36.4 Å². The number of hydrogen-bond donors (Lipinski definition) is 2. The van der Waals surface area contributed by atoms with Gasteiger partial charge in [0.15, 0.2) is 5.60 Å². The van der Waals surface area contributed by atoms with Gasteiger partial charge in [-0.15, -0.1) is 6.58 Å². The van der Waals surface area contributed by atoms with Gasteiger partial charge in [-0.3, -0.25) is 0 Å². The SMILES string of the molecule is C=CC[C@](O)(C(=O)OC)[C@@H](O)c1ccccc1. The summed E-state index contributed by atoms with van der Waals surface area (Å²) < 4.78 is 4.51. The third-order valence-electron chi connectivity index (χ3n) is 2.56. The van der Waals surface area contributed by atoms with Gasteiger partial charge in [-0.05, 0) is 5.56 Å². The molecule has 0 fully saturated rings. The van der Waals surface area contributed by atoms with E-state index >= 15 is 0 Å². The van der Waals surface area contributed by atoms with Crippen molar-refractivity contribution in [3.8, 4) is 0 Å². The summed E-state index contributed by atoms with van der Waals surface area (Å²) in [4.78, 5) is 11.6. The summed E-state index contributed by atoms with van der Waals surface area (Å²) in [7, 11) is 1.16. The number of carbonyl (C=O) groups excluding carboxylic acids is 1. The molecule has 0 unspecified atom stereocenters. The molecule has 0 spiro atoms. The second-order valence-electron chi connectivity index (χ2n) is 3.72. The van der Waals surface area contributed by atoms with E-state index in [4.69, 9.17) is 0 Å². The second-order valence-corrected chi connectivity index (χ2v) is 3.72. The highest BCUT2D eigenvalue weighted by atomic mass is 16.5. The minimum Gasteiger partial charge on any atom is -0.467 e. The van der Waals surface area contributed by atoms with Crippen LogP contribution in [0.3, 0.4) is 0 Å². The number of ether oxygens (including phenoxy) is 1. The lowest BCUT2D eigenvalue weighted by atomic mass is 9.88. The molecule has 0 amide bonds. The third-order valence-corrected chi connectivity index (χ3v) is 2.56. The van der Waals surface area contributed by atoms with Gasteiger partial charge in [-0.25, -0.2) is 4.79 Å². The summed E-state index contributed by atoms with van der Waals surface area (Å²) in [6.07, 6.45) is -0.0760. The van der Waals surface area contributed by atoms with Crippen molar-refractivity contribution in [2.75, 3.05) is 7.11 Å². The minimum atomic E-state index is -2.00. The Bertz CT molecular complexity index is 388. The molecule has 0 aliphatic rings. The molecule has 4 nitrogen and oxygen atoms in total. The maximum absolute atomic E-state index is 11.6. The van der Waals surface area contributed by atoms with Crippen LogP contribution in [0.5, 0.6) is 0 Å². The average Bonchev–Trinajstić information content (AvgIpc) is 2.38. The van der Waals surface area contributed by atoms with Crippen molar-refractivity contribution in [3.05, 3.63) is 48.6 Å². The zero-order valence-corrected chi connectivity index (χ0v) is 9.67. The normalized spacial score (nSPS) is 15.7. The summed E-state index contributed by atoms with van der Waals surface area (Å²) in [5, 5.41) is 20.3. The van der Waals surface area contributed by atoms with Gasteiger partial charge in [0.1, 0.15) is 6.10 Å². The number of rotatable bonds is 5. The fourth-order valence-corrected chi connectivity index (χ4v) is 1.61. The molecule has 0 aliphatic heterocycles. The molecule has 92 valence electrons. The molecule has 0 saturated carbocycles. The molecule has 0 bridgehead atoms. The first-order valence-electron chi connectivity index (χ1n) is 5.21. The van der Waals surface area contributed by atoms with Crippen LogP contribution in [-0.4, -0.2) is 28.9 Å². The van der Waals surface area contributed by atoms with Crippen molar-refractivity contribution in [2.45, 2.75) is 18.1 Å². The Balaban J connectivity index is 3.07. The van der Waals surface area contributed by atoms with Gasteiger partial charge < -0.3 is 14.9 Å². The van der Waals surface area contributed by atoms with Crippen LogP contribution < -0.4 is 0 Å². The first-order valence-corrected chi connectivity index (χ1v) is 5.21. The number of aliphatic hydroxyl groups is 2. The molecule has 4 heteroatoms. The highest BCUT2D eigenvalue weighted by molar-refractivity contribution is 5.80. The van der Waals surface area contributed by atoms with Crippen LogP contribution in [0, 0.1) is 0 Å². The maximum Gasteiger partial charge on any atom is 0.341 e. The van der Waals surface area contributed by atoms with E-state index in [9.17, 15) is 15.0 Å². The highest BCUT2D eigenvalue weighted by Crippen LogP contribution is 2.30. The summed E-state index contributed by atoms with van der Waals surface area (Å²) in [6.45, 7) is 3.46. The average molecular weight is 236 g/mol.